The van der Waals surface area contributed by atoms with Gasteiger partial charge in [0.2, 0.25) is 0 Å². The number of halogens is 3. The lowest BCUT2D eigenvalue weighted by atomic mass is 9.89. The summed E-state index contributed by atoms with van der Waals surface area (Å²) < 4.78 is 40.2. The Hall–Kier alpha value is -3.25. The molecule has 30 heavy (non-hydrogen) atoms. The van der Waals surface area contributed by atoms with Crippen LogP contribution in [-0.2, 0) is 10.4 Å². The van der Waals surface area contributed by atoms with Gasteiger partial charge in [-0.25, -0.2) is 9.97 Å². The van der Waals surface area contributed by atoms with Gasteiger partial charge < -0.3 is 27.0 Å². The lowest BCUT2D eigenvalue weighted by molar-refractivity contribution is -0.255. The largest absolute Gasteiger partial charge is 0.430 e. The Bertz CT molecular complexity index is 983. The van der Waals surface area contributed by atoms with Gasteiger partial charge in [0.25, 0.3) is 17.4 Å². The number of primary amides is 1. The number of nitrogen functional groups attached to an aromatic ring is 1. The molecule has 9 nitrogen and oxygen atoms in total. The molecule has 1 aromatic heterocycles. The Morgan fingerprint density at radius 2 is 1.93 bits per heavy atom. The number of alkyl halides is 3. The molecule has 0 fully saturated rings. The number of aliphatic hydroxyl groups excluding tert-OH is 1. The molecule has 0 bridgehead atoms. The van der Waals surface area contributed by atoms with E-state index in [1.165, 1.54) is 13.0 Å². The minimum Gasteiger partial charge on any atom is -0.394 e. The van der Waals surface area contributed by atoms with Gasteiger partial charge in [-0.15, -0.1) is 0 Å². The zero-order valence-electron chi connectivity index (χ0n) is 16.0. The minimum absolute atomic E-state index is 0.0284. The number of aryl methyl sites for hydroxylation is 1. The molecule has 1 aromatic carbocycles. The lowest BCUT2D eigenvalue weighted by Crippen LogP contribution is -2.52. The van der Waals surface area contributed by atoms with E-state index in [1.54, 1.807) is 6.92 Å². The van der Waals surface area contributed by atoms with E-state index in [2.05, 4.69) is 15.3 Å². The number of nitrogens with one attached hydrogen (secondary N) is 1. The van der Waals surface area contributed by atoms with E-state index in [9.17, 15) is 27.9 Å². The van der Waals surface area contributed by atoms with Crippen molar-refractivity contribution in [1.82, 2.24) is 15.3 Å². The predicted molar refractivity (Wildman–Crippen MR) is 99.8 cm³/mol. The summed E-state index contributed by atoms with van der Waals surface area (Å²) in [7, 11) is 0. The second-order valence-electron chi connectivity index (χ2n) is 6.65. The molecular formula is C18H20F3N5O4. The third-order valence-corrected chi connectivity index (χ3v) is 4.37. The summed E-state index contributed by atoms with van der Waals surface area (Å²) in [6, 6.07) is 2.44. The van der Waals surface area contributed by atoms with Gasteiger partial charge in [0.15, 0.2) is 11.5 Å². The second-order valence-corrected chi connectivity index (χ2v) is 6.65. The van der Waals surface area contributed by atoms with Crippen LogP contribution in [0.4, 0.5) is 19.0 Å². The van der Waals surface area contributed by atoms with E-state index in [1.807, 2.05) is 0 Å². The number of aromatic nitrogens is 2. The number of aliphatic hydroxyl groups is 2. The van der Waals surface area contributed by atoms with Gasteiger partial charge in [-0.1, -0.05) is 12.1 Å². The normalized spacial score (nSPS) is 14.6. The number of nitrogens with zero attached hydrogens (tertiary/aromatic N) is 2. The van der Waals surface area contributed by atoms with E-state index in [0.29, 0.717) is 5.56 Å². The van der Waals surface area contributed by atoms with Crippen LogP contribution in [0, 0.1) is 6.92 Å². The first-order valence-corrected chi connectivity index (χ1v) is 8.57. The highest BCUT2D eigenvalue weighted by Gasteiger charge is 2.60. The number of carbonyl (C=O) groups is 2. The van der Waals surface area contributed by atoms with E-state index < -0.39 is 35.2 Å². The van der Waals surface area contributed by atoms with Crippen molar-refractivity contribution >= 4 is 17.6 Å². The minimum atomic E-state index is -5.37. The number of nitrogens with two attached hydrogens (primary N) is 2. The van der Waals surface area contributed by atoms with Crippen molar-refractivity contribution in [2.75, 3.05) is 12.3 Å². The summed E-state index contributed by atoms with van der Waals surface area (Å²) in [4.78, 5) is 31.7. The maximum Gasteiger partial charge on any atom is 0.430 e. The molecule has 7 N–H and O–H groups in total. The first-order valence-electron chi connectivity index (χ1n) is 8.57. The second kappa shape index (κ2) is 8.24. The highest BCUT2D eigenvalue weighted by Crippen LogP contribution is 2.40. The number of benzene rings is 1. The van der Waals surface area contributed by atoms with Gasteiger partial charge >= 0.3 is 6.18 Å². The molecule has 0 aliphatic rings. The summed E-state index contributed by atoms with van der Waals surface area (Å²) in [5, 5.41) is 21.5. The zero-order chi connectivity index (χ0) is 22.9. The molecule has 0 saturated carbocycles. The molecule has 2 atom stereocenters. The van der Waals surface area contributed by atoms with E-state index in [-0.39, 0.29) is 29.4 Å². The van der Waals surface area contributed by atoms with Crippen molar-refractivity contribution in [3.05, 3.63) is 41.2 Å². The van der Waals surface area contributed by atoms with Crippen molar-refractivity contribution in [1.29, 1.82) is 0 Å². The van der Waals surface area contributed by atoms with Crippen LogP contribution in [0.2, 0.25) is 0 Å². The Morgan fingerprint density at radius 3 is 2.47 bits per heavy atom. The van der Waals surface area contributed by atoms with Crippen molar-refractivity contribution < 1.29 is 33.0 Å². The molecule has 2 aromatic rings. The summed E-state index contributed by atoms with van der Waals surface area (Å²) in [6.07, 6.45) is -4.24. The molecule has 1 heterocycles. The molecule has 0 spiro atoms. The molecule has 12 heteroatoms. The van der Waals surface area contributed by atoms with Crippen LogP contribution in [0.3, 0.4) is 0 Å². The SMILES string of the molecule is Cc1ccc(C(O)(C(N)=O)C(F)(F)F)cc1-c1cnc(N)c(C(=O)NC(C)CO)n1. The number of anilines is 1. The average Bonchev–Trinajstić information content (AvgIpc) is 2.66. The number of amides is 2. The number of carbonyl (C=O) groups excluding carboxylic acids is 2. The third kappa shape index (κ3) is 4.19. The van der Waals surface area contributed by atoms with Crippen molar-refractivity contribution in [3.8, 4) is 11.3 Å². The monoisotopic (exact) mass is 427 g/mol. The molecule has 0 aliphatic carbocycles. The van der Waals surface area contributed by atoms with Crippen LogP contribution in [0.5, 0.6) is 0 Å². The van der Waals surface area contributed by atoms with Gasteiger partial charge in [0, 0.05) is 17.2 Å². The highest BCUT2D eigenvalue weighted by atomic mass is 19.4. The molecule has 2 rings (SSSR count). The predicted octanol–water partition coefficient (Wildman–Crippen LogP) is 0.380. The molecule has 0 saturated heterocycles. The summed E-state index contributed by atoms with van der Waals surface area (Å²) in [6.45, 7) is 2.73. The highest BCUT2D eigenvalue weighted by molar-refractivity contribution is 5.97. The summed E-state index contributed by atoms with van der Waals surface area (Å²) in [5.41, 5.74) is 5.91. The van der Waals surface area contributed by atoms with Crippen LogP contribution in [-0.4, -0.2) is 50.8 Å². The van der Waals surface area contributed by atoms with Crippen LogP contribution >= 0.6 is 0 Å². The van der Waals surface area contributed by atoms with Crippen LogP contribution in [0.15, 0.2) is 24.4 Å². The van der Waals surface area contributed by atoms with Gasteiger partial charge in [-0.3, -0.25) is 9.59 Å². The number of hydrogen-bond donors (Lipinski definition) is 5. The fourth-order valence-electron chi connectivity index (χ4n) is 2.60. The van der Waals surface area contributed by atoms with E-state index in [4.69, 9.17) is 16.6 Å². The number of hydrogen-bond acceptors (Lipinski definition) is 7. The molecular weight excluding hydrogens is 407 g/mol. The van der Waals surface area contributed by atoms with Crippen LogP contribution < -0.4 is 16.8 Å². The summed E-state index contributed by atoms with van der Waals surface area (Å²) in [5.74, 6) is -2.98. The Balaban J connectivity index is 2.61. The topological polar surface area (TPSA) is 164 Å². The van der Waals surface area contributed by atoms with Crippen molar-refractivity contribution in [3.63, 3.8) is 0 Å². The van der Waals surface area contributed by atoms with E-state index >= 15 is 0 Å². The quantitative estimate of drug-likeness (QED) is 0.445. The molecule has 0 aliphatic heterocycles. The van der Waals surface area contributed by atoms with Crippen molar-refractivity contribution in [2.45, 2.75) is 31.7 Å². The van der Waals surface area contributed by atoms with E-state index in [0.717, 1.165) is 18.3 Å². The fourth-order valence-corrected chi connectivity index (χ4v) is 2.60. The Kier molecular flexibility index (Phi) is 6.33. The zero-order valence-corrected chi connectivity index (χ0v) is 16.0. The molecule has 2 amide bonds. The van der Waals surface area contributed by atoms with Crippen molar-refractivity contribution in [2.24, 2.45) is 5.73 Å². The number of rotatable bonds is 6. The third-order valence-electron chi connectivity index (χ3n) is 4.37. The maximum atomic E-state index is 13.4. The fraction of sp³-hybridized carbons (Fsp3) is 0.333. The standard InChI is InChI=1S/C18H20F3N5O4/c1-8-3-4-10(17(30,16(23)29)18(19,20)21)5-11(8)12-6-24-14(22)13(26-12)15(28)25-9(2)7-27/h3-6,9,27,30H,7H2,1-2H3,(H2,22,24)(H2,23,29)(H,25,28). The molecule has 162 valence electrons. The maximum absolute atomic E-state index is 13.4. The van der Waals surface area contributed by atoms with Crippen LogP contribution in [0.1, 0.15) is 28.5 Å². The lowest BCUT2D eigenvalue weighted by Gasteiger charge is -2.28. The smallest absolute Gasteiger partial charge is 0.394 e. The van der Waals surface area contributed by atoms with Gasteiger partial charge in [-0.2, -0.15) is 13.2 Å². The van der Waals surface area contributed by atoms with Gasteiger partial charge in [-0.05, 0) is 25.5 Å². The summed E-state index contributed by atoms with van der Waals surface area (Å²) >= 11 is 0. The first-order chi connectivity index (χ1) is 13.8. The van der Waals surface area contributed by atoms with Gasteiger partial charge in [0.1, 0.15) is 0 Å². The molecule has 2 unspecified atom stereocenters. The van der Waals surface area contributed by atoms with Crippen LogP contribution in [0.25, 0.3) is 11.3 Å². The first kappa shape index (κ1) is 23.0. The molecule has 0 radical (unpaired) electrons. The Labute approximate surface area is 168 Å². The van der Waals surface area contributed by atoms with Gasteiger partial charge in [0.05, 0.1) is 18.5 Å². The Morgan fingerprint density at radius 1 is 1.30 bits per heavy atom. The average molecular weight is 427 g/mol.